The fourth-order valence-corrected chi connectivity index (χ4v) is 1.77. The van der Waals surface area contributed by atoms with Gasteiger partial charge in [-0.3, -0.25) is 9.59 Å². The van der Waals surface area contributed by atoms with Crippen LogP contribution < -0.4 is 16.2 Å². The number of nitrogens with one attached hydrogen (secondary N) is 3. The van der Waals surface area contributed by atoms with E-state index in [-0.39, 0.29) is 11.5 Å². The first-order valence-electron chi connectivity index (χ1n) is 6.74. The van der Waals surface area contributed by atoms with Crippen molar-refractivity contribution in [2.45, 2.75) is 20.3 Å². The number of carbonyl (C=O) groups excluding carboxylic acids is 1. The van der Waals surface area contributed by atoms with Gasteiger partial charge in [0.05, 0.1) is 0 Å². The third kappa shape index (κ3) is 3.88. The van der Waals surface area contributed by atoms with Gasteiger partial charge in [-0.05, 0) is 31.5 Å². The highest BCUT2D eigenvalue weighted by Crippen LogP contribution is 2.13. The van der Waals surface area contributed by atoms with Crippen molar-refractivity contribution >= 4 is 17.5 Å². The molecular weight excluding hydrogens is 270 g/mol. The molecule has 7 heteroatoms. The zero-order chi connectivity index (χ0) is 15.2. The Hall–Kier alpha value is -2.70. The first kappa shape index (κ1) is 14.7. The lowest BCUT2D eigenvalue weighted by Gasteiger charge is -2.09. The van der Waals surface area contributed by atoms with E-state index in [0.717, 1.165) is 18.7 Å². The SMILES string of the molecule is CCNc1cc(C(=O)Nc2ccc(=O)[nH]n2)cc(CC)n1. The Morgan fingerprint density at radius 1 is 1.24 bits per heavy atom. The lowest BCUT2D eigenvalue weighted by molar-refractivity contribution is 0.102. The summed E-state index contributed by atoms with van der Waals surface area (Å²) in [6.07, 6.45) is 0.733. The summed E-state index contributed by atoms with van der Waals surface area (Å²) in [6, 6.07) is 6.17. The number of hydrogen-bond acceptors (Lipinski definition) is 5. The van der Waals surface area contributed by atoms with Crippen LogP contribution in [-0.4, -0.2) is 27.6 Å². The Morgan fingerprint density at radius 2 is 2.05 bits per heavy atom. The van der Waals surface area contributed by atoms with Crippen molar-refractivity contribution in [2.75, 3.05) is 17.2 Å². The summed E-state index contributed by atoms with van der Waals surface area (Å²) in [5.41, 5.74) is 0.999. The van der Waals surface area contributed by atoms with Crippen LogP contribution in [0.5, 0.6) is 0 Å². The average Bonchev–Trinajstić information content (AvgIpc) is 2.49. The number of anilines is 2. The van der Waals surface area contributed by atoms with Gasteiger partial charge in [-0.1, -0.05) is 6.92 Å². The Morgan fingerprint density at radius 3 is 2.67 bits per heavy atom. The molecule has 1 amide bonds. The van der Waals surface area contributed by atoms with Crippen molar-refractivity contribution in [1.29, 1.82) is 0 Å². The predicted molar refractivity (Wildman–Crippen MR) is 80.6 cm³/mol. The van der Waals surface area contributed by atoms with Crippen LogP contribution in [0.25, 0.3) is 0 Å². The molecule has 0 aliphatic heterocycles. The number of hydrogen-bond donors (Lipinski definition) is 3. The summed E-state index contributed by atoms with van der Waals surface area (Å²) >= 11 is 0. The van der Waals surface area contributed by atoms with Crippen LogP contribution in [0.15, 0.2) is 29.1 Å². The molecule has 3 N–H and O–H groups in total. The number of nitrogens with zero attached hydrogens (tertiary/aromatic N) is 2. The standard InChI is InChI=1S/C14H17N5O2/c1-3-10-7-9(8-12(16-10)15-4-2)14(21)17-11-5-6-13(20)19-18-11/h5-8H,3-4H2,1-2H3,(H,15,16)(H,19,20)(H,17,18,21). The highest BCUT2D eigenvalue weighted by Gasteiger charge is 2.10. The molecule has 0 spiro atoms. The van der Waals surface area contributed by atoms with Crippen LogP contribution in [0.1, 0.15) is 29.9 Å². The number of aromatic nitrogens is 3. The largest absolute Gasteiger partial charge is 0.370 e. The van der Waals surface area contributed by atoms with Gasteiger partial charge in [0.2, 0.25) is 0 Å². The molecule has 2 heterocycles. The van der Waals surface area contributed by atoms with E-state index in [1.54, 1.807) is 12.1 Å². The first-order chi connectivity index (χ1) is 10.1. The molecule has 2 aromatic rings. The maximum atomic E-state index is 12.2. The molecular formula is C14H17N5O2. The molecule has 0 saturated carbocycles. The second-order valence-corrected chi connectivity index (χ2v) is 4.38. The fourth-order valence-electron chi connectivity index (χ4n) is 1.77. The Balaban J connectivity index is 2.23. The quantitative estimate of drug-likeness (QED) is 0.772. The third-order valence-corrected chi connectivity index (χ3v) is 2.78. The molecule has 0 atom stereocenters. The summed E-state index contributed by atoms with van der Waals surface area (Å²) < 4.78 is 0. The van der Waals surface area contributed by atoms with E-state index in [1.807, 2.05) is 13.8 Å². The summed E-state index contributed by atoms with van der Waals surface area (Å²) in [5, 5.41) is 11.7. The van der Waals surface area contributed by atoms with Crippen molar-refractivity contribution in [3.63, 3.8) is 0 Å². The molecule has 2 rings (SSSR count). The Kier molecular flexibility index (Phi) is 4.65. The summed E-state index contributed by atoms with van der Waals surface area (Å²) in [6.45, 7) is 4.66. The average molecular weight is 287 g/mol. The lowest BCUT2D eigenvalue weighted by atomic mass is 10.2. The van der Waals surface area contributed by atoms with Crippen molar-refractivity contribution < 1.29 is 4.79 Å². The van der Waals surface area contributed by atoms with Gasteiger partial charge in [-0.15, -0.1) is 0 Å². The molecule has 0 bridgehead atoms. The van der Waals surface area contributed by atoms with E-state index in [1.165, 1.54) is 12.1 Å². The van der Waals surface area contributed by atoms with Crippen molar-refractivity contribution in [3.05, 3.63) is 45.9 Å². The maximum Gasteiger partial charge on any atom is 0.264 e. The molecule has 0 aromatic carbocycles. The zero-order valence-electron chi connectivity index (χ0n) is 11.9. The fraction of sp³-hybridized carbons (Fsp3) is 0.286. The zero-order valence-corrected chi connectivity index (χ0v) is 11.9. The van der Waals surface area contributed by atoms with E-state index < -0.39 is 0 Å². The van der Waals surface area contributed by atoms with Gasteiger partial charge in [-0.2, -0.15) is 5.10 Å². The van der Waals surface area contributed by atoms with Crippen LogP contribution in [-0.2, 0) is 6.42 Å². The second-order valence-electron chi connectivity index (χ2n) is 4.38. The molecule has 0 unspecified atom stereocenters. The predicted octanol–water partition coefficient (Wildman–Crippen LogP) is 1.41. The second kappa shape index (κ2) is 6.65. The van der Waals surface area contributed by atoms with Gasteiger partial charge in [0.25, 0.3) is 11.5 Å². The van der Waals surface area contributed by atoms with E-state index in [0.29, 0.717) is 17.2 Å². The van der Waals surface area contributed by atoms with Gasteiger partial charge in [0.15, 0.2) is 5.82 Å². The third-order valence-electron chi connectivity index (χ3n) is 2.78. The molecule has 0 fully saturated rings. The molecule has 0 radical (unpaired) electrons. The summed E-state index contributed by atoms with van der Waals surface area (Å²) in [5.74, 6) is 0.654. The number of amides is 1. The number of aryl methyl sites for hydroxylation is 1. The number of pyridine rings is 1. The summed E-state index contributed by atoms with van der Waals surface area (Å²) in [7, 11) is 0. The topological polar surface area (TPSA) is 99.8 Å². The lowest BCUT2D eigenvalue weighted by Crippen LogP contribution is -2.16. The minimum absolute atomic E-state index is 0.291. The minimum atomic E-state index is -0.320. The Labute approximate surface area is 121 Å². The normalized spacial score (nSPS) is 10.2. The van der Waals surface area contributed by atoms with E-state index in [4.69, 9.17) is 0 Å². The van der Waals surface area contributed by atoms with E-state index >= 15 is 0 Å². The van der Waals surface area contributed by atoms with Crippen LogP contribution in [0.4, 0.5) is 11.6 Å². The first-order valence-corrected chi connectivity index (χ1v) is 6.74. The molecule has 7 nitrogen and oxygen atoms in total. The molecule has 0 aliphatic carbocycles. The van der Waals surface area contributed by atoms with Crippen molar-refractivity contribution in [1.82, 2.24) is 15.2 Å². The number of aromatic amines is 1. The smallest absolute Gasteiger partial charge is 0.264 e. The van der Waals surface area contributed by atoms with Gasteiger partial charge in [0, 0.05) is 23.9 Å². The monoisotopic (exact) mass is 287 g/mol. The van der Waals surface area contributed by atoms with Crippen LogP contribution in [0.3, 0.4) is 0 Å². The van der Waals surface area contributed by atoms with E-state index in [2.05, 4.69) is 25.8 Å². The number of rotatable bonds is 5. The highest BCUT2D eigenvalue weighted by atomic mass is 16.2. The van der Waals surface area contributed by atoms with E-state index in [9.17, 15) is 9.59 Å². The van der Waals surface area contributed by atoms with Gasteiger partial charge < -0.3 is 10.6 Å². The molecule has 0 aliphatic rings. The van der Waals surface area contributed by atoms with Crippen molar-refractivity contribution in [2.24, 2.45) is 0 Å². The van der Waals surface area contributed by atoms with Gasteiger partial charge >= 0.3 is 0 Å². The van der Waals surface area contributed by atoms with Gasteiger partial charge in [-0.25, -0.2) is 10.1 Å². The highest BCUT2D eigenvalue weighted by molar-refractivity contribution is 6.04. The minimum Gasteiger partial charge on any atom is -0.370 e. The molecule has 0 saturated heterocycles. The van der Waals surface area contributed by atoms with Crippen LogP contribution in [0.2, 0.25) is 0 Å². The van der Waals surface area contributed by atoms with Crippen LogP contribution in [0, 0.1) is 0 Å². The number of H-pyrrole nitrogens is 1. The van der Waals surface area contributed by atoms with Crippen molar-refractivity contribution in [3.8, 4) is 0 Å². The summed E-state index contributed by atoms with van der Waals surface area (Å²) in [4.78, 5) is 27.5. The number of carbonyl (C=O) groups is 1. The van der Waals surface area contributed by atoms with Crippen LogP contribution >= 0.6 is 0 Å². The van der Waals surface area contributed by atoms with Gasteiger partial charge in [0.1, 0.15) is 5.82 Å². The molecule has 110 valence electrons. The maximum absolute atomic E-state index is 12.2. The molecule has 2 aromatic heterocycles. The molecule has 21 heavy (non-hydrogen) atoms. The Bertz CT molecular complexity index is 676.